The highest BCUT2D eigenvalue weighted by atomic mass is 35.5. The molecule has 6 heteroatoms. The van der Waals surface area contributed by atoms with Gasteiger partial charge in [-0.15, -0.1) is 0 Å². The fourth-order valence-electron chi connectivity index (χ4n) is 0.963. The third kappa shape index (κ3) is 3.13. The lowest BCUT2D eigenvalue weighted by atomic mass is 10.1. The van der Waals surface area contributed by atoms with Gasteiger partial charge in [0.25, 0.3) is 0 Å². The first kappa shape index (κ1) is 11.8. The summed E-state index contributed by atoms with van der Waals surface area (Å²) in [6, 6.07) is -0.495. The van der Waals surface area contributed by atoms with E-state index in [1.54, 1.807) is 0 Å². The van der Waals surface area contributed by atoms with Gasteiger partial charge in [-0.05, 0) is 17.5 Å². The predicted molar refractivity (Wildman–Crippen MR) is 55.3 cm³/mol. The van der Waals surface area contributed by atoms with E-state index in [0.717, 1.165) is 6.20 Å². The highest BCUT2D eigenvalue weighted by molar-refractivity contribution is 6.28. The Kier molecular flexibility index (Phi) is 3.96. The fourth-order valence-corrected chi connectivity index (χ4v) is 1.10. The minimum absolute atomic E-state index is 0.0376. The molecule has 4 nitrogen and oxygen atoms in total. The van der Waals surface area contributed by atoms with Gasteiger partial charge < -0.3 is 10.1 Å². The first-order chi connectivity index (χ1) is 7.04. The van der Waals surface area contributed by atoms with Crippen molar-refractivity contribution >= 4 is 23.7 Å². The van der Waals surface area contributed by atoms with Crippen molar-refractivity contribution in [2.75, 3.05) is 5.32 Å². The monoisotopic (exact) mass is 231 g/mol. The molecule has 0 saturated carbocycles. The molecule has 1 rings (SSSR count). The van der Waals surface area contributed by atoms with Gasteiger partial charge in [0.1, 0.15) is 6.29 Å². The van der Waals surface area contributed by atoms with Crippen LogP contribution < -0.4 is 5.32 Å². The first-order valence-electron chi connectivity index (χ1n) is 4.44. The van der Waals surface area contributed by atoms with Crippen LogP contribution in [0.4, 0.5) is 10.2 Å². The van der Waals surface area contributed by atoms with E-state index in [4.69, 9.17) is 11.6 Å². The topological polar surface area (TPSA) is 54.9 Å². The van der Waals surface area contributed by atoms with Crippen molar-refractivity contribution in [3.63, 3.8) is 0 Å². The van der Waals surface area contributed by atoms with Crippen LogP contribution in [0.1, 0.15) is 13.8 Å². The number of carbonyl (C=O) groups excluding carboxylic acids is 1. The highest BCUT2D eigenvalue weighted by Gasteiger charge is 2.15. The van der Waals surface area contributed by atoms with Gasteiger partial charge in [-0.1, -0.05) is 13.8 Å². The summed E-state index contributed by atoms with van der Waals surface area (Å²) in [6.07, 6.45) is 1.67. The zero-order valence-electron chi connectivity index (χ0n) is 8.37. The summed E-state index contributed by atoms with van der Waals surface area (Å²) in [5, 5.41) is 2.60. The summed E-state index contributed by atoms with van der Waals surface area (Å²) in [5.74, 6) is -0.650. The van der Waals surface area contributed by atoms with Crippen molar-refractivity contribution in [3.8, 4) is 0 Å². The molecule has 0 bridgehead atoms. The molecule has 0 saturated heterocycles. The van der Waals surface area contributed by atoms with Gasteiger partial charge in [0.05, 0.1) is 12.2 Å². The molecule has 0 aliphatic carbocycles. The second-order valence-electron chi connectivity index (χ2n) is 3.39. The molecule has 0 aromatic carbocycles. The molecule has 0 fully saturated rings. The van der Waals surface area contributed by atoms with Crippen molar-refractivity contribution in [2.45, 2.75) is 19.9 Å². The van der Waals surface area contributed by atoms with Crippen LogP contribution in [0, 0.1) is 11.7 Å². The minimum atomic E-state index is -0.632. The average molecular weight is 232 g/mol. The zero-order chi connectivity index (χ0) is 11.4. The van der Waals surface area contributed by atoms with Gasteiger partial charge in [0, 0.05) is 0 Å². The molecule has 0 unspecified atom stereocenters. The molecule has 1 atom stereocenters. The summed E-state index contributed by atoms with van der Waals surface area (Å²) < 4.78 is 13.2. The molecule has 1 aromatic heterocycles. The van der Waals surface area contributed by atoms with Crippen molar-refractivity contribution in [1.82, 2.24) is 9.97 Å². The smallest absolute Gasteiger partial charge is 0.224 e. The summed E-state index contributed by atoms with van der Waals surface area (Å²) in [6.45, 7) is 3.68. The summed E-state index contributed by atoms with van der Waals surface area (Å²) in [4.78, 5) is 17.8. The number of aromatic nitrogens is 2. The molecule has 0 spiro atoms. The van der Waals surface area contributed by atoms with E-state index in [1.807, 2.05) is 13.8 Å². The van der Waals surface area contributed by atoms with E-state index >= 15 is 0 Å². The molecule has 82 valence electrons. The van der Waals surface area contributed by atoms with E-state index in [2.05, 4.69) is 15.3 Å². The lowest BCUT2D eigenvalue weighted by molar-refractivity contribution is -0.109. The molecule has 0 aliphatic rings. The quantitative estimate of drug-likeness (QED) is 0.635. The van der Waals surface area contributed by atoms with Crippen molar-refractivity contribution in [1.29, 1.82) is 0 Å². The lowest BCUT2D eigenvalue weighted by Gasteiger charge is -2.16. The normalized spacial score (nSPS) is 12.6. The van der Waals surface area contributed by atoms with Crippen molar-refractivity contribution in [2.24, 2.45) is 5.92 Å². The maximum Gasteiger partial charge on any atom is 0.224 e. The highest BCUT2D eigenvalue weighted by Crippen LogP contribution is 2.14. The van der Waals surface area contributed by atoms with Gasteiger partial charge in [-0.25, -0.2) is 9.37 Å². The van der Waals surface area contributed by atoms with E-state index < -0.39 is 11.9 Å². The van der Waals surface area contributed by atoms with Gasteiger partial charge in [0.15, 0.2) is 11.6 Å². The molecular formula is C9H11ClFN3O. The Morgan fingerprint density at radius 1 is 1.60 bits per heavy atom. The van der Waals surface area contributed by atoms with Crippen LogP contribution in [0.3, 0.4) is 0 Å². The number of hydrogen-bond donors (Lipinski definition) is 1. The van der Waals surface area contributed by atoms with Crippen LogP contribution in [-0.2, 0) is 4.79 Å². The van der Waals surface area contributed by atoms with Crippen LogP contribution in [0.2, 0.25) is 5.28 Å². The van der Waals surface area contributed by atoms with Crippen LogP contribution >= 0.6 is 11.6 Å². The maximum absolute atomic E-state index is 13.2. The molecular weight excluding hydrogens is 221 g/mol. The summed E-state index contributed by atoms with van der Waals surface area (Å²) in [5.41, 5.74) is 0. The summed E-state index contributed by atoms with van der Waals surface area (Å²) in [7, 11) is 0. The number of nitrogens with one attached hydrogen (secondary N) is 1. The fraction of sp³-hybridized carbons (Fsp3) is 0.444. The van der Waals surface area contributed by atoms with Gasteiger partial charge in [-0.2, -0.15) is 4.98 Å². The van der Waals surface area contributed by atoms with Crippen LogP contribution in [0.15, 0.2) is 6.20 Å². The Morgan fingerprint density at radius 2 is 2.27 bits per heavy atom. The Morgan fingerprint density at radius 3 is 2.80 bits per heavy atom. The number of anilines is 1. The van der Waals surface area contributed by atoms with Gasteiger partial charge in [0.2, 0.25) is 5.28 Å². The number of halogens is 2. The van der Waals surface area contributed by atoms with E-state index in [1.165, 1.54) is 0 Å². The third-order valence-corrected chi connectivity index (χ3v) is 2.07. The van der Waals surface area contributed by atoms with Crippen molar-refractivity contribution in [3.05, 3.63) is 17.3 Å². The number of carbonyl (C=O) groups is 1. The zero-order valence-corrected chi connectivity index (χ0v) is 9.12. The first-order valence-corrected chi connectivity index (χ1v) is 4.82. The summed E-state index contributed by atoms with van der Waals surface area (Å²) >= 11 is 5.51. The Hall–Kier alpha value is -1.23. The van der Waals surface area contributed by atoms with E-state index in [-0.39, 0.29) is 17.0 Å². The van der Waals surface area contributed by atoms with Gasteiger partial charge in [-0.3, -0.25) is 0 Å². The Labute approximate surface area is 91.9 Å². The standard InChI is InChI=1S/C9H11ClFN3O/c1-5(2)7(4-15)13-8-6(11)3-12-9(10)14-8/h3-5,7H,1-2H3,(H,12,13,14)/t7-/m1/s1. The number of nitrogens with zero attached hydrogens (tertiary/aromatic N) is 2. The lowest BCUT2D eigenvalue weighted by Crippen LogP contribution is -2.28. The van der Waals surface area contributed by atoms with Crippen LogP contribution in [0.5, 0.6) is 0 Å². The SMILES string of the molecule is CC(C)[C@@H](C=O)Nc1nc(Cl)ncc1F. The molecule has 0 aliphatic heterocycles. The van der Waals surface area contributed by atoms with E-state index in [9.17, 15) is 9.18 Å². The molecule has 15 heavy (non-hydrogen) atoms. The van der Waals surface area contributed by atoms with Crippen molar-refractivity contribution < 1.29 is 9.18 Å². The molecule has 1 aromatic rings. The number of rotatable bonds is 4. The molecule has 1 heterocycles. The molecule has 0 amide bonds. The molecule has 0 radical (unpaired) electrons. The largest absolute Gasteiger partial charge is 0.358 e. The average Bonchev–Trinajstić information content (AvgIpc) is 2.18. The maximum atomic E-state index is 13.2. The number of aldehydes is 1. The van der Waals surface area contributed by atoms with Gasteiger partial charge >= 0.3 is 0 Å². The van der Waals surface area contributed by atoms with Crippen LogP contribution in [-0.4, -0.2) is 22.3 Å². The second-order valence-corrected chi connectivity index (χ2v) is 3.72. The Bertz CT molecular complexity index is 359. The van der Waals surface area contributed by atoms with Crippen LogP contribution in [0.25, 0.3) is 0 Å². The van der Waals surface area contributed by atoms with E-state index in [0.29, 0.717) is 6.29 Å². The Balaban J connectivity index is 2.87. The third-order valence-electron chi connectivity index (χ3n) is 1.88. The minimum Gasteiger partial charge on any atom is -0.358 e. The number of hydrogen-bond acceptors (Lipinski definition) is 4. The second kappa shape index (κ2) is 5.02. The predicted octanol–water partition coefficient (Wildman–Crippen LogP) is 1.90. The molecule has 1 N–H and O–H groups in total.